The summed E-state index contributed by atoms with van der Waals surface area (Å²) < 4.78 is 12.6. The Labute approximate surface area is 224 Å². The first kappa shape index (κ1) is 25.9. The molecule has 0 aromatic carbocycles. The van der Waals surface area contributed by atoms with Crippen molar-refractivity contribution in [3.63, 3.8) is 0 Å². The number of aromatic nitrogens is 6. The lowest BCUT2D eigenvalue weighted by Gasteiger charge is -2.23. The van der Waals surface area contributed by atoms with E-state index in [-0.39, 0.29) is 0 Å². The third-order valence-electron chi connectivity index (χ3n) is 6.86. The molecule has 0 amide bonds. The fraction of sp³-hybridized carbons (Fsp3) is 0.519. The zero-order chi connectivity index (χ0) is 26.0. The number of fused-ring (bicyclic) bond motifs is 1. The van der Waals surface area contributed by atoms with Crippen LogP contribution < -0.4 is 5.32 Å². The Kier molecular flexibility index (Phi) is 7.69. The summed E-state index contributed by atoms with van der Waals surface area (Å²) in [4.78, 5) is 19.2. The van der Waals surface area contributed by atoms with Crippen LogP contribution in [0.1, 0.15) is 43.5 Å². The predicted octanol–water partition coefficient (Wildman–Crippen LogP) is 6.69. The number of hydrogen-bond acceptors (Lipinski definition) is 8. The minimum atomic E-state index is -1.17. The number of nitrogens with one attached hydrogen (secondary N) is 1. The van der Waals surface area contributed by atoms with Crippen LogP contribution in [-0.4, -0.2) is 49.6 Å². The van der Waals surface area contributed by atoms with Crippen molar-refractivity contribution in [2.45, 2.75) is 84.4 Å². The van der Waals surface area contributed by atoms with E-state index in [1.165, 1.54) is 43.6 Å². The monoisotopic (exact) mass is 535 g/mol. The first-order valence-corrected chi connectivity index (χ1v) is 17.7. The smallest absolute Gasteiger partial charge is 0.223 e. The molecular formula is C27H37N7OSSi. The summed E-state index contributed by atoms with van der Waals surface area (Å²) in [6.45, 7) is 12.3. The van der Waals surface area contributed by atoms with Gasteiger partial charge in [-0.3, -0.25) is 0 Å². The van der Waals surface area contributed by atoms with Gasteiger partial charge >= 0.3 is 0 Å². The maximum absolute atomic E-state index is 6.14. The van der Waals surface area contributed by atoms with Gasteiger partial charge in [-0.05, 0) is 62.0 Å². The highest BCUT2D eigenvalue weighted by molar-refractivity contribution is 7.09. The van der Waals surface area contributed by atoms with E-state index in [4.69, 9.17) is 14.7 Å². The van der Waals surface area contributed by atoms with Gasteiger partial charge < -0.3 is 14.6 Å². The molecule has 4 heterocycles. The molecule has 1 aliphatic carbocycles. The van der Waals surface area contributed by atoms with Crippen LogP contribution in [0, 0.1) is 13.8 Å². The lowest BCUT2D eigenvalue weighted by molar-refractivity contribution is 0.0899. The fourth-order valence-corrected chi connectivity index (χ4v) is 6.12. The van der Waals surface area contributed by atoms with Crippen LogP contribution in [0.25, 0.3) is 33.0 Å². The summed E-state index contributed by atoms with van der Waals surface area (Å²) >= 11 is 1.38. The molecule has 1 aliphatic rings. The molecule has 4 aromatic rings. The van der Waals surface area contributed by atoms with Gasteiger partial charge in [-0.15, -0.1) is 0 Å². The van der Waals surface area contributed by atoms with Crippen molar-refractivity contribution in [1.82, 2.24) is 28.9 Å². The van der Waals surface area contributed by atoms with Gasteiger partial charge in [0.15, 0.2) is 5.01 Å². The van der Waals surface area contributed by atoms with E-state index in [2.05, 4.69) is 63.1 Å². The standard InChI is InChI=1S/C27H37N7OSSi/c1-18-15-28-27(30-20-9-7-6-8-10-20)32-24(18)22-16-34(17-35-13-14-37(3,4)5)25-21(22)11-12-23(31-25)26-29-19(2)33-36-26/h11-12,15-16,20H,6-10,13-14,17H2,1-5H3,(H,28,30,32). The Hall–Kier alpha value is -2.69. The van der Waals surface area contributed by atoms with Gasteiger partial charge in [0.05, 0.1) is 5.69 Å². The molecule has 8 nitrogen and oxygen atoms in total. The third kappa shape index (κ3) is 6.24. The highest BCUT2D eigenvalue weighted by atomic mass is 32.1. The summed E-state index contributed by atoms with van der Waals surface area (Å²) in [5.74, 6) is 1.47. The van der Waals surface area contributed by atoms with Crippen LogP contribution in [0.5, 0.6) is 0 Å². The minimum Gasteiger partial charge on any atom is -0.361 e. The Balaban J connectivity index is 1.50. The first-order chi connectivity index (χ1) is 17.8. The number of ether oxygens (including phenoxy) is 1. The van der Waals surface area contributed by atoms with Crippen LogP contribution in [0.2, 0.25) is 25.7 Å². The summed E-state index contributed by atoms with van der Waals surface area (Å²) in [6.07, 6.45) is 10.3. The van der Waals surface area contributed by atoms with Gasteiger partial charge in [0, 0.05) is 44.1 Å². The molecule has 0 unspecified atom stereocenters. The second-order valence-electron chi connectivity index (χ2n) is 11.3. The fourth-order valence-electron chi connectivity index (χ4n) is 4.73. The van der Waals surface area contributed by atoms with Crippen molar-refractivity contribution in [2.24, 2.45) is 0 Å². The summed E-state index contributed by atoms with van der Waals surface area (Å²) in [6, 6.07) is 5.73. The summed E-state index contributed by atoms with van der Waals surface area (Å²) in [5, 5.41) is 5.45. The van der Waals surface area contributed by atoms with Crippen LogP contribution in [0.3, 0.4) is 0 Å². The molecular weight excluding hydrogens is 498 g/mol. The molecule has 0 bridgehead atoms. The van der Waals surface area contributed by atoms with Gasteiger partial charge in [-0.1, -0.05) is 38.9 Å². The number of nitrogens with zero attached hydrogens (tertiary/aromatic N) is 6. The van der Waals surface area contributed by atoms with E-state index >= 15 is 0 Å². The van der Waals surface area contributed by atoms with Gasteiger partial charge in [-0.2, -0.15) is 4.37 Å². The Morgan fingerprint density at radius 2 is 1.89 bits per heavy atom. The lowest BCUT2D eigenvalue weighted by Crippen LogP contribution is -2.23. The quantitative estimate of drug-likeness (QED) is 0.189. The number of pyridine rings is 1. The molecule has 0 spiro atoms. The lowest BCUT2D eigenvalue weighted by atomic mass is 9.96. The molecule has 4 aromatic heterocycles. The summed E-state index contributed by atoms with van der Waals surface area (Å²) in [7, 11) is -1.17. The normalized spacial score (nSPS) is 14.9. The first-order valence-electron chi connectivity index (χ1n) is 13.3. The highest BCUT2D eigenvalue weighted by Gasteiger charge is 2.20. The second kappa shape index (κ2) is 11.0. The average Bonchev–Trinajstić information content (AvgIpc) is 3.46. The molecule has 1 saturated carbocycles. The van der Waals surface area contributed by atoms with E-state index in [9.17, 15) is 0 Å². The van der Waals surface area contributed by atoms with Crippen LogP contribution in [0.4, 0.5) is 5.95 Å². The average molecular weight is 536 g/mol. The van der Waals surface area contributed by atoms with Gasteiger partial charge in [-0.25, -0.2) is 19.9 Å². The van der Waals surface area contributed by atoms with Crippen molar-refractivity contribution in [3.05, 3.63) is 35.9 Å². The van der Waals surface area contributed by atoms with Crippen LogP contribution in [-0.2, 0) is 11.5 Å². The largest absolute Gasteiger partial charge is 0.361 e. The zero-order valence-corrected chi connectivity index (χ0v) is 24.4. The molecule has 37 heavy (non-hydrogen) atoms. The molecule has 0 atom stereocenters. The maximum atomic E-state index is 6.14. The minimum absolute atomic E-state index is 0.448. The molecule has 1 N–H and O–H groups in total. The van der Waals surface area contributed by atoms with E-state index in [0.29, 0.717) is 18.7 Å². The molecule has 0 saturated heterocycles. The van der Waals surface area contributed by atoms with Gasteiger partial charge in [0.25, 0.3) is 0 Å². The molecule has 196 valence electrons. The van der Waals surface area contributed by atoms with E-state index in [1.807, 2.05) is 19.2 Å². The topological polar surface area (TPSA) is 90.6 Å². The maximum Gasteiger partial charge on any atom is 0.223 e. The highest BCUT2D eigenvalue weighted by Crippen LogP contribution is 2.33. The van der Waals surface area contributed by atoms with Crippen molar-refractivity contribution >= 4 is 36.6 Å². The molecule has 1 fully saturated rings. The Bertz CT molecular complexity index is 1370. The number of hydrogen-bond donors (Lipinski definition) is 1. The van der Waals surface area contributed by atoms with E-state index < -0.39 is 8.07 Å². The zero-order valence-electron chi connectivity index (χ0n) is 22.5. The second-order valence-corrected chi connectivity index (χ2v) is 17.7. The molecule has 0 aliphatic heterocycles. The summed E-state index contributed by atoms with van der Waals surface area (Å²) in [5.41, 5.74) is 4.71. The van der Waals surface area contributed by atoms with Crippen molar-refractivity contribution in [3.8, 4) is 22.0 Å². The van der Waals surface area contributed by atoms with Crippen LogP contribution in [0.15, 0.2) is 24.5 Å². The molecule has 0 radical (unpaired) electrons. The SMILES string of the molecule is Cc1nsc(-c2ccc3c(-c4nc(NC5CCCCC5)ncc4C)cn(COCC[Si](C)(C)C)c3n2)n1. The van der Waals surface area contributed by atoms with Crippen LogP contribution >= 0.6 is 11.5 Å². The predicted molar refractivity (Wildman–Crippen MR) is 154 cm³/mol. The van der Waals surface area contributed by atoms with Crippen molar-refractivity contribution in [2.75, 3.05) is 11.9 Å². The van der Waals surface area contributed by atoms with E-state index in [1.54, 1.807) is 0 Å². The third-order valence-corrected chi connectivity index (χ3v) is 9.39. The Morgan fingerprint density at radius 1 is 1.08 bits per heavy atom. The number of rotatable bonds is 9. The van der Waals surface area contributed by atoms with Gasteiger partial charge in [0.1, 0.15) is 23.9 Å². The Morgan fingerprint density at radius 3 is 2.62 bits per heavy atom. The number of anilines is 1. The van der Waals surface area contributed by atoms with Gasteiger partial charge in [0.2, 0.25) is 5.95 Å². The van der Waals surface area contributed by atoms with Crippen molar-refractivity contribution < 1.29 is 4.74 Å². The molecule has 5 rings (SSSR count). The van der Waals surface area contributed by atoms with Crippen molar-refractivity contribution in [1.29, 1.82) is 0 Å². The van der Waals surface area contributed by atoms with E-state index in [0.717, 1.165) is 57.0 Å². The molecule has 10 heteroatoms. The number of aryl methyl sites for hydroxylation is 2.